The van der Waals surface area contributed by atoms with E-state index < -0.39 is 0 Å². The SMILES string of the molecule is CCCCCOCc1ccc(C(C)CC)cc1. The molecule has 0 radical (unpaired) electrons. The second-order valence-electron chi connectivity index (χ2n) is 4.81. The van der Waals surface area contributed by atoms with Gasteiger partial charge in [0.25, 0.3) is 0 Å². The molecule has 0 bridgehead atoms. The molecule has 0 amide bonds. The monoisotopic (exact) mass is 234 g/mol. The minimum Gasteiger partial charge on any atom is -0.377 e. The fourth-order valence-corrected chi connectivity index (χ4v) is 1.82. The zero-order valence-electron chi connectivity index (χ0n) is 11.5. The molecule has 0 aliphatic heterocycles. The molecule has 1 aromatic carbocycles. The van der Waals surface area contributed by atoms with Crippen LogP contribution in [0.15, 0.2) is 24.3 Å². The molecule has 0 fully saturated rings. The third kappa shape index (κ3) is 5.36. The minimum absolute atomic E-state index is 0.662. The Morgan fingerprint density at radius 2 is 1.76 bits per heavy atom. The van der Waals surface area contributed by atoms with E-state index in [1.54, 1.807) is 0 Å². The maximum absolute atomic E-state index is 5.65. The van der Waals surface area contributed by atoms with E-state index >= 15 is 0 Å². The maximum atomic E-state index is 5.65. The van der Waals surface area contributed by atoms with Crippen LogP contribution in [-0.4, -0.2) is 6.61 Å². The first-order valence-corrected chi connectivity index (χ1v) is 6.94. The Kier molecular flexibility index (Phi) is 6.95. The lowest BCUT2D eigenvalue weighted by atomic mass is 9.98. The summed E-state index contributed by atoms with van der Waals surface area (Å²) in [6.45, 7) is 8.37. The summed E-state index contributed by atoms with van der Waals surface area (Å²) in [7, 11) is 0. The molecule has 0 heterocycles. The van der Waals surface area contributed by atoms with Gasteiger partial charge in [-0.05, 0) is 29.9 Å². The van der Waals surface area contributed by atoms with E-state index in [0.29, 0.717) is 5.92 Å². The summed E-state index contributed by atoms with van der Waals surface area (Å²) in [5, 5.41) is 0. The molecule has 17 heavy (non-hydrogen) atoms. The summed E-state index contributed by atoms with van der Waals surface area (Å²) in [5.41, 5.74) is 2.72. The molecule has 0 aliphatic rings. The molecule has 1 aromatic rings. The first-order valence-electron chi connectivity index (χ1n) is 6.94. The van der Waals surface area contributed by atoms with Gasteiger partial charge in [-0.3, -0.25) is 0 Å². The molecule has 1 rings (SSSR count). The van der Waals surface area contributed by atoms with Crippen molar-refractivity contribution in [3.05, 3.63) is 35.4 Å². The van der Waals surface area contributed by atoms with Crippen LogP contribution in [0, 0.1) is 0 Å². The fraction of sp³-hybridized carbons (Fsp3) is 0.625. The topological polar surface area (TPSA) is 9.23 Å². The predicted molar refractivity (Wildman–Crippen MR) is 74.3 cm³/mol. The van der Waals surface area contributed by atoms with Crippen LogP contribution in [0.25, 0.3) is 0 Å². The van der Waals surface area contributed by atoms with Crippen molar-refractivity contribution in [2.75, 3.05) is 6.61 Å². The molecule has 1 unspecified atom stereocenters. The van der Waals surface area contributed by atoms with Crippen molar-refractivity contribution >= 4 is 0 Å². The van der Waals surface area contributed by atoms with E-state index in [9.17, 15) is 0 Å². The average Bonchev–Trinajstić information content (AvgIpc) is 2.38. The summed E-state index contributed by atoms with van der Waals surface area (Å²) in [5.74, 6) is 0.662. The highest BCUT2D eigenvalue weighted by molar-refractivity contribution is 5.24. The molecule has 0 aliphatic carbocycles. The Bertz CT molecular complexity index is 289. The molecule has 0 N–H and O–H groups in total. The average molecular weight is 234 g/mol. The molecule has 0 saturated carbocycles. The van der Waals surface area contributed by atoms with Gasteiger partial charge in [0.2, 0.25) is 0 Å². The Balaban J connectivity index is 2.30. The van der Waals surface area contributed by atoms with Gasteiger partial charge in [-0.25, -0.2) is 0 Å². The van der Waals surface area contributed by atoms with Crippen molar-refractivity contribution in [1.29, 1.82) is 0 Å². The van der Waals surface area contributed by atoms with Gasteiger partial charge >= 0.3 is 0 Å². The molecule has 0 saturated heterocycles. The van der Waals surface area contributed by atoms with Gasteiger partial charge < -0.3 is 4.74 Å². The van der Waals surface area contributed by atoms with Crippen molar-refractivity contribution in [3.63, 3.8) is 0 Å². The molecule has 1 heteroatoms. The van der Waals surface area contributed by atoms with E-state index in [0.717, 1.165) is 13.2 Å². The predicted octanol–water partition coefficient (Wildman–Crippen LogP) is 4.91. The van der Waals surface area contributed by atoms with E-state index in [1.165, 1.54) is 36.8 Å². The smallest absolute Gasteiger partial charge is 0.0716 e. The molecule has 1 nitrogen and oxygen atoms in total. The number of unbranched alkanes of at least 4 members (excludes halogenated alkanes) is 2. The van der Waals surface area contributed by atoms with E-state index in [1.807, 2.05) is 0 Å². The Labute approximate surface area is 106 Å². The van der Waals surface area contributed by atoms with Crippen LogP contribution in [0.3, 0.4) is 0 Å². The summed E-state index contributed by atoms with van der Waals surface area (Å²) in [4.78, 5) is 0. The first kappa shape index (κ1) is 14.2. The third-order valence-corrected chi connectivity index (χ3v) is 3.32. The van der Waals surface area contributed by atoms with Gasteiger partial charge in [-0.1, -0.05) is 57.9 Å². The zero-order valence-corrected chi connectivity index (χ0v) is 11.5. The Morgan fingerprint density at radius 3 is 2.35 bits per heavy atom. The van der Waals surface area contributed by atoms with Gasteiger partial charge in [-0.2, -0.15) is 0 Å². The number of rotatable bonds is 8. The number of benzene rings is 1. The molecular weight excluding hydrogens is 208 g/mol. The van der Waals surface area contributed by atoms with Crippen LogP contribution < -0.4 is 0 Å². The van der Waals surface area contributed by atoms with E-state index in [-0.39, 0.29) is 0 Å². The van der Waals surface area contributed by atoms with Gasteiger partial charge in [-0.15, -0.1) is 0 Å². The van der Waals surface area contributed by atoms with Crippen LogP contribution in [0.5, 0.6) is 0 Å². The highest BCUT2D eigenvalue weighted by Gasteiger charge is 2.02. The van der Waals surface area contributed by atoms with Crippen molar-refractivity contribution in [2.24, 2.45) is 0 Å². The maximum Gasteiger partial charge on any atom is 0.0716 e. The molecule has 0 aromatic heterocycles. The first-order chi connectivity index (χ1) is 8.27. The Morgan fingerprint density at radius 1 is 1.06 bits per heavy atom. The normalized spacial score (nSPS) is 12.6. The number of hydrogen-bond acceptors (Lipinski definition) is 1. The van der Waals surface area contributed by atoms with Gasteiger partial charge in [0.15, 0.2) is 0 Å². The fourth-order valence-electron chi connectivity index (χ4n) is 1.82. The number of hydrogen-bond donors (Lipinski definition) is 0. The van der Waals surface area contributed by atoms with Crippen LogP contribution in [0.1, 0.15) is 63.5 Å². The quantitative estimate of drug-likeness (QED) is 0.581. The molecule has 1 atom stereocenters. The summed E-state index contributed by atoms with van der Waals surface area (Å²) in [6.07, 6.45) is 4.91. The Hall–Kier alpha value is -0.820. The minimum atomic E-state index is 0.662. The largest absolute Gasteiger partial charge is 0.377 e. The van der Waals surface area contributed by atoms with Crippen molar-refractivity contribution in [1.82, 2.24) is 0 Å². The second kappa shape index (κ2) is 8.30. The summed E-state index contributed by atoms with van der Waals surface area (Å²) < 4.78 is 5.65. The standard InChI is InChI=1S/C16H26O/c1-4-6-7-12-17-13-15-8-10-16(11-9-15)14(3)5-2/h8-11,14H,4-7,12-13H2,1-3H3. The van der Waals surface area contributed by atoms with E-state index in [2.05, 4.69) is 45.0 Å². The summed E-state index contributed by atoms with van der Waals surface area (Å²) >= 11 is 0. The van der Waals surface area contributed by atoms with Crippen molar-refractivity contribution in [3.8, 4) is 0 Å². The van der Waals surface area contributed by atoms with Crippen molar-refractivity contribution in [2.45, 2.75) is 59.0 Å². The van der Waals surface area contributed by atoms with Gasteiger partial charge in [0.1, 0.15) is 0 Å². The van der Waals surface area contributed by atoms with Crippen LogP contribution >= 0.6 is 0 Å². The molecule has 0 spiro atoms. The van der Waals surface area contributed by atoms with E-state index in [4.69, 9.17) is 4.74 Å². The zero-order chi connectivity index (χ0) is 12.5. The highest BCUT2D eigenvalue weighted by Crippen LogP contribution is 2.19. The van der Waals surface area contributed by atoms with Crippen molar-refractivity contribution < 1.29 is 4.74 Å². The van der Waals surface area contributed by atoms with Gasteiger partial charge in [0.05, 0.1) is 6.61 Å². The summed E-state index contributed by atoms with van der Waals surface area (Å²) in [6, 6.07) is 8.86. The lowest BCUT2D eigenvalue weighted by molar-refractivity contribution is 0.117. The van der Waals surface area contributed by atoms with Gasteiger partial charge in [0, 0.05) is 6.61 Å². The lowest BCUT2D eigenvalue weighted by Crippen LogP contribution is -1.96. The molecular formula is C16H26O. The molecule has 96 valence electrons. The lowest BCUT2D eigenvalue weighted by Gasteiger charge is -2.10. The van der Waals surface area contributed by atoms with Crippen LogP contribution in [-0.2, 0) is 11.3 Å². The second-order valence-corrected chi connectivity index (χ2v) is 4.81. The third-order valence-electron chi connectivity index (χ3n) is 3.32. The number of ether oxygens (including phenoxy) is 1. The van der Waals surface area contributed by atoms with Crippen LogP contribution in [0.2, 0.25) is 0 Å². The van der Waals surface area contributed by atoms with Crippen LogP contribution in [0.4, 0.5) is 0 Å². The highest BCUT2D eigenvalue weighted by atomic mass is 16.5.